The molecule has 0 bridgehead atoms. The van der Waals surface area contributed by atoms with Crippen LogP contribution in [0.4, 0.5) is 0 Å². The van der Waals surface area contributed by atoms with Crippen molar-refractivity contribution in [3.05, 3.63) is 46.8 Å². The zero-order valence-corrected chi connectivity index (χ0v) is 13.5. The van der Waals surface area contributed by atoms with Crippen molar-refractivity contribution in [1.29, 1.82) is 5.41 Å². The molecule has 3 heteroatoms. The molecular weight excluding hydrogens is 258 g/mol. The molecule has 114 valence electrons. The van der Waals surface area contributed by atoms with Crippen molar-refractivity contribution in [2.24, 2.45) is 0 Å². The average Bonchev–Trinajstić information content (AvgIpc) is 3.28. The topological polar surface area (TPSA) is 47.9 Å². The van der Waals surface area contributed by atoms with Gasteiger partial charge in [-0.05, 0) is 57.6 Å². The van der Waals surface area contributed by atoms with Crippen LogP contribution in [0.15, 0.2) is 46.8 Å². The van der Waals surface area contributed by atoms with Crippen molar-refractivity contribution in [1.82, 2.24) is 10.6 Å². The van der Waals surface area contributed by atoms with Crippen LogP contribution in [0.3, 0.4) is 0 Å². The molecule has 0 heterocycles. The molecule has 0 atom stereocenters. The molecule has 2 aliphatic rings. The first-order valence-corrected chi connectivity index (χ1v) is 7.80. The van der Waals surface area contributed by atoms with E-state index in [2.05, 4.69) is 36.3 Å². The van der Waals surface area contributed by atoms with Gasteiger partial charge in [0.05, 0.1) is 11.4 Å². The molecule has 2 aliphatic carbocycles. The van der Waals surface area contributed by atoms with Crippen molar-refractivity contribution < 1.29 is 0 Å². The van der Waals surface area contributed by atoms with Crippen LogP contribution in [0.25, 0.3) is 0 Å². The zero-order chi connectivity index (χ0) is 15.4. The molecule has 0 aromatic heterocycles. The van der Waals surface area contributed by atoms with Gasteiger partial charge in [0, 0.05) is 18.3 Å². The molecule has 0 unspecified atom stereocenters. The first-order valence-electron chi connectivity index (χ1n) is 7.80. The molecule has 3 nitrogen and oxygen atoms in total. The van der Waals surface area contributed by atoms with E-state index in [9.17, 15) is 0 Å². The average molecular weight is 285 g/mol. The SMILES string of the molecule is C=C(NC1CC1)C(=N)/C(C)=C(/C)NCC1=C(C)CCC=C1. The molecule has 2 rings (SSSR count). The lowest BCUT2D eigenvalue weighted by Gasteiger charge is -2.17. The first kappa shape index (κ1) is 15.6. The highest BCUT2D eigenvalue weighted by Crippen LogP contribution is 2.21. The lowest BCUT2D eigenvalue weighted by molar-refractivity contribution is 0.827. The normalized spacial score (nSPS) is 19.2. The third kappa shape index (κ3) is 4.35. The maximum atomic E-state index is 8.23. The van der Waals surface area contributed by atoms with Gasteiger partial charge in [0.15, 0.2) is 0 Å². The minimum absolute atomic E-state index is 0.511. The van der Waals surface area contributed by atoms with Crippen LogP contribution >= 0.6 is 0 Å². The highest BCUT2D eigenvalue weighted by Gasteiger charge is 2.22. The minimum Gasteiger partial charge on any atom is -0.384 e. The fourth-order valence-electron chi connectivity index (χ4n) is 2.36. The summed E-state index contributed by atoms with van der Waals surface area (Å²) >= 11 is 0. The predicted molar refractivity (Wildman–Crippen MR) is 90.5 cm³/mol. The standard InChI is InChI=1S/C18H27N3/c1-12-7-5-6-8-16(12)11-20-14(3)13(2)18(19)15(4)21-17-9-10-17/h6,8,17,19-21H,4-5,7,9-11H2,1-3H3/b14-13-,19-18?. The predicted octanol–water partition coefficient (Wildman–Crippen LogP) is 3.82. The van der Waals surface area contributed by atoms with Crippen molar-refractivity contribution >= 4 is 5.71 Å². The minimum atomic E-state index is 0.511. The fraction of sp³-hybridized carbons (Fsp3) is 0.500. The van der Waals surface area contributed by atoms with E-state index in [1.807, 2.05) is 13.8 Å². The Bertz CT molecular complexity index is 531. The van der Waals surface area contributed by atoms with Gasteiger partial charge in [0.2, 0.25) is 0 Å². The Morgan fingerprint density at radius 2 is 2.10 bits per heavy atom. The molecular formula is C18H27N3. The van der Waals surface area contributed by atoms with E-state index >= 15 is 0 Å². The number of rotatable bonds is 7. The van der Waals surface area contributed by atoms with Crippen LogP contribution in [-0.2, 0) is 0 Å². The molecule has 1 saturated carbocycles. The molecule has 0 amide bonds. The third-order valence-corrected chi connectivity index (χ3v) is 4.29. The summed E-state index contributed by atoms with van der Waals surface area (Å²) in [6, 6.07) is 0.541. The highest BCUT2D eigenvalue weighted by atomic mass is 15.0. The first-order chi connectivity index (χ1) is 9.99. The second-order valence-corrected chi connectivity index (χ2v) is 6.12. The summed E-state index contributed by atoms with van der Waals surface area (Å²) in [7, 11) is 0. The second-order valence-electron chi connectivity index (χ2n) is 6.12. The third-order valence-electron chi connectivity index (χ3n) is 4.29. The van der Waals surface area contributed by atoms with E-state index in [1.165, 1.54) is 24.0 Å². The monoisotopic (exact) mass is 285 g/mol. The Labute approximate surface area is 128 Å². The highest BCUT2D eigenvalue weighted by molar-refractivity contribution is 6.09. The van der Waals surface area contributed by atoms with E-state index in [0.717, 1.165) is 36.4 Å². The van der Waals surface area contributed by atoms with Gasteiger partial charge in [0.1, 0.15) is 0 Å². The van der Waals surface area contributed by atoms with Gasteiger partial charge in [-0.1, -0.05) is 24.3 Å². The fourth-order valence-corrected chi connectivity index (χ4v) is 2.36. The van der Waals surface area contributed by atoms with Gasteiger partial charge in [-0.3, -0.25) is 5.41 Å². The zero-order valence-electron chi connectivity index (χ0n) is 13.5. The summed E-state index contributed by atoms with van der Waals surface area (Å²) in [5.74, 6) is 0. The van der Waals surface area contributed by atoms with Crippen molar-refractivity contribution in [2.75, 3.05) is 6.54 Å². The second kappa shape index (κ2) is 6.79. The van der Waals surface area contributed by atoms with Crippen LogP contribution in [0, 0.1) is 5.41 Å². The summed E-state index contributed by atoms with van der Waals surface area (Å²) in [5.41, 5.74) is 6.10. The summed E-state index contributed by atoms with van der Waals surface area (Å²) in [6.07, 6.45) is 9.17. The summed E-state index contributed by atoms with van der Waals surface area (Å²) in [5, 5.41) is 15.0. The van der Waals surface area contributed by atoms with E-state index in [0.29, 0.717) is 11.8 Å². The van der Waals surface area contributed by atoms with Gasteiger partial charge >= 0.3 is 0 Å². The molecule has 0 spiro atoms. The van der Waals surface area contributed by atoms with Crippen molar-refractivity contribution in [2.45, 2.75) is 52.5 Å². The number of nitrogens with one attached hydrogen (secondary N) is 3. The smallest absolute Gasteiger partial charge is 0.0811 e. The molecule has 0 aromatic rings. The van der Waals surface area contributed by atoms with Crippen LogP contribution < -0.4 is 10.6 Å². The molecule has 0 aliphatic heterocycles. The lowest BCUT2D eigenvalue weighted by atomic mass is 9.99. The van der Waals surface area contributed by atoms with E-state index in [4.69, 9.17) is 5.41 Å². The Balaban J connectivity index is 1.93. The van der Waals surface area contributed by atoms with Crippen LogP contribution in [-0.4, -0.2) is 18.3 Å². The number of allylic oxidation sites excluding steroid dienone is 4. The van der Waals surface area contributed by atoms with Crippen molar-refractivity contribution in [3.8, 4) is 0 Å². The van der Waals surface area contributed by atoms with Crippen LogP contribution in [0.5, 0.6) is 0 Å². The Morgan fingerprint density at radius 1 is 1.38 bits per heavy atom. The Morgan fingerprint density at radius 3 is 2.71 bits per heavy atom. The van der Waals surface area contributed by atoms with Gasteiger partial charge in [-0.15, -0.1) is 0 Å². The van der Waals surface area contributed by atoms with Crippen LogP contribution in [0.1, 0.15) is 46.5 Å². The van der Waals surface area contributed by atoms with Crippen LogP contribution in [0.2, 0.25) is 0 Å². The largest absolute Gasteiger partial charge is 0.384 e. The maximum absolute atomic E-state index is 8.23. The maximum Gasteiger partial charge on any atom is 0.0811 e. The summed E-state index contributed by atoms with van der Waals surface area (Å²) < 4.78 is 0. The van der Waals surface area contributed by atoms with Gasteiger partial charge < -0.3 is 10.6 Å². The molecule has 0 aromatic carbocycles. The molecule has 3 N–H and O–H groups in total. The quantitative estimate of drug-likeness (QED) is 0.623. The lowest BCUT2D eigenvalue weighted by Crippen LogP contribution is -2.24. The Hall–Kier alpha value is -1.77. The summed E-state index contributed by atoms with van der Waals surface area (Å²) in [6.45, 7) is 11.0. The van der Waals surface area contributed by atoms with E-state index < -0.39 is 0 Å². The van der Waals surface area contributed by atoms with E-state index in [-0.39, 0.29) is 0 Å². The van der Waals surface area contributed by atoms with E-state index in [1.54, 1.807) is 0 Å². The molecule has 0 saturated heterocycles. The van der Waals surface area contributed by atoms with Gasteiger partial charge in [-0.2, -0.15) is 0 Å². The van der Waals surface area contributed by atoms with Gasteiger partial charge in [-0.25, -0.2) is 0 Å². The van der Waals surface area contributed by atoms with Crippen molar-refractivity contribution in [3.63, 3.8) is 0 Å². The molecule has 21 heavy (non-hydrogen) atoms. The van der Waals surface area contributed by atoms with Gasteiger partial charge in [0.25, 0.3) is 0 Å². The Kier molecular flexibility index (Phi) is 5.05. The molecule has 1 fully saturated rings. The number of hydrogen-bond acceptors (Lipinski definition) is 3. The number of hydrogen-bond donors (Lipinski definition) is 3. The summed E-state index contributed by atoms with van der Waals surface area (Å²) in [4.78, 5) is 0. The molecule has 0 radical (unpaired) electrons.